The summed E-state index contributed by atoms with van der Waals surface area (Å²) in [5, 5.41) is 10.0. The first-order chi connectivity index (χ1) is 19.1. The van der Waals surface area contributed by atoms with Gasteiger partial charge in [0, 0.05) is 12.1 Å². The Hall–Kier alpha value is -4.22. The van der Waals surface area contributed by atoms with Gasteiger partial charge in [0.25, 0.3) is 11.8 Å². The Labute approximate surface area is 236 Å². The fourth-order valence-corrected chi connectivity index (χ4v) is 3.75. The zero-order chi connectivity index (χ0) is 30.9. The number of rotatable bonds is 12. The van der Waals surface area contributed by atoms with Crippen LogP contribution >= 0.6 is 0 Å². The number of carbonyl (C=O) groups excluding carboxylic acids is 5. The molecule has 0 fully saturated rings. The minimum Gasteiger partial charge on any atom is -0.345 e. The van der Waals surface area contributed by atoms with E-state index in [-0.39, 0.29) is 12.5 Å². The number of Topliss-reactive ketones (excluding diaryl/α,β-unsaturated/α-hetero) is 1. The highest BCUT2D eigenvalue weighted by molar-refractivity contribution is 6.38. The van der Waals surface area contributed by atoms with E-state index in [1.54, 1.807) is 58.0 Å². The van der Waals surface area contributed by atoms with Gasteiger partial charge in [-0.1, -0.05) is 58.0 Å². The molecule has 12 heteroatoms. The Bertz CT molecular complexity index is 1230. The molecule has 0 saturated carbocycles. The number of halogens is 3. The summed E-state index contributed by atoms with van der Waals surface area (Å²) in [5.41, 5.74) is -0.128. The van der Waals surface area contributed by atoms with Gasteiger partial charge in [0.05, 0.1) is 11.6 Å². The van der Waals surface area contributed by atoms with Crippen molar-refractivity contribution in [2.45, 2.75) is 65.5 Å². The van der Waals surface area contributed by atoms with E-state index >= 15 is 0 Å². The van der Waals surface area contributed by atoms with E-state index in [0.717, 1.165) is 12.1 Å². The van der Waals surface area contributed by atoms with Crippen molar-refractivity contribution >= 4 is 29.4 Å². The van der Waals surface area contributed by atoms with E-state index in [9.17, 15) is 37.1 Å². The van der Waals surface area contributed by atoms with Gasteiger partial charge in [0.2, 0.25) is 17.6 Å². The molecule has 0 aliphatic rings. The van der Waals surface area contributed by atoms with E-state index in [1.165, 1.54) is 19.1 Å². The molecule has 0 aromatic heterocycles. The van der Waals surface area contributed by atoms with Crippen LogP contribution in [0.3, 0.4) is 0 Å². The molecule has 2 rings (SSSR count). The number of ketones is 1. The van der Waals surface area contributed by atoms with Gasteiger partial charge < -0.3 is 21.3 Å². The highest BCUT2D eigenvalue weighted by Crippen LogP contribution is 2.29. The fourth-order valence-electron chi connectivity index (χ4n) is 3.75. The molecule has 0 saturated heterocycles. The van der Waals surface area contributed by atoms with Crippen molar-refractivity contribution in [1.82, 2.24) is 21.3 Å². The Morgan fingerprint density at radius 1 is 0.707 bits per heavy atom. The lowest BCUT2D eigenvalue weighted by molar-refractivity contribution is -0.141. The van der Waals surface area contributed by atoms with Crippen LogP contribution in [-0.2, 0) is 31.9 Å². The molecule has 0 aliphatic carbocycles. The van der Waals surface area contributed by atoms with Crippen LogP contribution in [0.1, 0.15) is 56.1 Å². The topological polar surface area (TPSA) is 133 Å². The third-order valence-corrected chi connectivity index (χ3v) is 6.23. The summed E-state index contributed by atoms with van der Waals surface area (Å²) in [7, 11) is 0. The number of carbonyl (C=O) groups is 5. The number of nitrogens with one attached hydrogen (secondary N) is 4. The molecule has 9 nitrogen and oxygen atoms in total. The summed E-state index contributed by atoms with van der Waals surface area (Å²) in [6.45, 7) is 7.90. The lowest BCUT2D eigenvalue weighted by Gasteiger charge is -2.26. The first-order valence-electron chi connectivity index (χ1n) is 13.1. The highest BCUT2D eigenvalue weighted by Gasteiger charge is 2.33. The molecule has 0 radical (unpaired) electrons. The van der Waals surface area contributed by atoms with Crippen LogP contribution in [-0.4, -0.2) is 47.5 Å². The van der Waals surface area contributed by atoms with Gasteiger partial charge in [-0.05, 0) is 48.6 Å². The Morgan fingerprint density at radius 3 is 1.78 bits per heavy atom. The third kappa shape index (κ3) is 9.73. The van der Waals surface area contributed by atoms with Crippen LogP contribution < -0.4 is 21.3 Å². The molecular weight excluding hydrogens is 541 g/mol. The second-order valence-electron chi connectivity index (χ2n) is 10.3. The molecule has 0 bridgehead atoms. The van der Waals surface area contributed by atoms with E-state index in [4.69, 9.17) is 0 Å². The van der Waals surface area contributed by atoms with Gasteiger partial charge in [-0.2, -0.15) is 13.2 Å². The minimum absolute atomic E-state index is 0.195. The predicted octanol–water partition coefficient (Wildman–Crippen LogP) is 2.99. The summed E-state index contributed by atoms with van der Waals surface area (Å²) < 4.78 is 38.2. The van der Waals surface area contributed by atoms with Crippen LogP contribution in [0.4, 0.5) is 13.2 Å². The lowest BCUT2D eigenvalue weighted by atomic mass is 9.98. The van der Waals surface area contributed by atoms with Gasteiger partial charge in [-0.3, -0.25) is 24.0 Å². The summed E-state index contributed by atoms with van der Waals surface area (Å²) >= 11 is 0. The van der Waals surface area contributed by atoms with Crippen LogP contribution in [0.15, 0.2) is 54.6 Å². The molecular formula is C29H35F3N4O5. The van der Waals surface area contributed by atoms with E-state index in [2.05, 4.69) is 21.3 Å². The number of hydrogen-bond donors (Lipinski definition) is 4. The lowest BCUT2D eigenvalue weighted by Crippen LogP contribution is -2.57. The Morgan fingerprint density at radius 2 is 1.27 bits per heavy atom. The molecule has 4 amide bonds. The van der Waals surface area contributed by atoms with Crippen LogP contribution in [0.25, 0.3) is 0 Å². The van der Waals surface area contributed by atoms with Crippen LogP contribution in [0.2, 0.25) is 0 Å². The number of hydrogen-bond acceptors (Lipinski definition) is 5. The maximum absolute atomic E-state index is 12.9. The van der Waals surface area contributed by atoms with Crippen molar-refractivity contribution < 1.29 is 37.1 Å². The molecule has 41 heavy (non-hydrogen) atoms. The standard InChI is InChI=1S/C29H35F3N4O5/c1-16(2)22(24(37)28(41)33-15-19-11-13-21(14-12-19)29(30,31)32)35-25(38)18(5)34-27(40)23(17(3)4)36-26(39)20-9-7-6-8-10-20/h6-14,16-18,22-23H,15H2,1-5H3,(H,33,41)(H,34,40)(H,35,38)(H,36,39)/t18-,22-,23-/m0/s1. The predicted molar refractivity (Wildman–Crippen MR) is 145 cm³/mol. The smallest absolute Gasteiger partial charge is 0.345 e. The van der Waals surface area contributed by atoms with E-state index in [0.29, 0.717) is 11.1 Å². The maximum atomic E-state index is 12.9. The van der Waals surface area contributed by atoms with E-state index < -0.39 is 65.2 Å². The second kappa shape index (κ2) is 14.4. The van der Waals surface area contributed by atoms with Crippen molar-refractivity contribution in [3.8, 4) is 0 Å². The first kappa shape index (κ1) is 33.0. The van der Waals surface area contributed by atoms with Gasteiger partial charge in [0.1, 0.15) is 12.1 Å². The second-order valence-corrected chi connectivity index (χ2v) is 10.3. The summed E-state index contributed by atoms with van der Waals surface area (Å²) in [6, 6.07) is 9.15. The van der Waals surface area contributed by atoms with E-state index in [1.807, 2.05) is 0 Å². The molecule has 0 spiro atoms. The average molecular weight is 577 g/mol. The van der Waals surface area contributed by atoms with Gasteiger partial charge in [-0.15, -0.1) is 0 Å². The SMILES string of the molecule is CC(C)[C@H](NC(=O)c1ccccc1)C(=O)N[C@@H](C)C(=O)N[C@H](C(=O)C(=O)NCc1ccc(C(F)(F)F)cc1)C(C)C. The zero-order valence-corrected chi connectivity index (χ0v) is 23.5. The van der Waals surface area contributed by atoms with Crippen molar-refractivity contribution in [3.05, 3.63) is 71.3 Å². The average Bonchev–Trinajstić information content (AvgIpc) is 2.92. The normalized spacial score (nSPS) is 13.6. The quantitative estimate of drug-likeness (QED) is 0.289. The summed E-state index contributed by atoms with van der Waals surface area (Å²) in [6.07, 6.45) is -4.50. The van der Waals surface area contributed by atoms with Crippen molar-refractivity contribution in [2.75, 3.05) is 0 Å². The highest BCUT2D eigenvalue weighted by atomic mass is 19.4. The third-order valence-electron chi connectivity index (χ3n) is 6.23. The molecule has 4 N–H and O–H groups in total. The van der Waals surface area contributed by atoms with Crippen LogP contribution in [0.5, 0.6) is 0 Å². The number of amides is 4. The Balaban J connectivity index is 1.98. The molecule has 0 unspecified atom stereocenters. The summed E-state index contributed by atoms with van der Waals surface area (Å²) in [5.74, 6) is -4.56. The molecule has 2 aromatic rings. The first-order valence-corrected chi connectivity index (χ1v) is 13.1. The number of alkyl halides is 3. The molecule has 3 atom stereocenters. The van der Waals surface area contributed by atoms with Crippen molar-refractivity contribution in [3.63, 3.8) is 0 Å². The van der Waals surface area contributed by atoms with Crippen molar-refractivity contribution in [2.24, 2.45) is 11.8 Å². The van der Waals surface area contributed by atoms with Gasteiger partial charge >= 0.3 is 6.18 Å². The zero-order valence-electron chi connectivity index (χ0n) is 23.5. The monoisotopic (exact) mass is 576 g/mol. The van der Waals surface area contributed by atoms with Crippen molar-refractivity contribution in [1.29, 1.82) is 0 Å². The maximum Gasteiger partial charge on any atom is 0.416 e. The van der Waals surface area contributed by atoms with Gasteiger partial charge in [0.15, 0.2) is 0 Å². The molecule has 0 aliphatic heterocycles. The van der Waals surface area contributed by atoms with Crippen LogP contribution in [0, 0.1) is 11.8 Å². The minimum atomic E-state index is -4.50. The summed E-state index contributed by atoms with van der Waals surface area (Å²) in [4.78, 5) is 63.6. The fraction of sp³-hybridized carbons (Fsp3) is 0.414. The number of benzene rings is 2. The van der Waals surface area contributed by atoms with Gasteiger partial charge in [-0.25, -0.2) is 0 Å². The largest absolute Gasteiger partial charge is 0.416 e. The Kier molecular flexibility index (Phi) is 11.6. The molecule has 222 valence electrons. The molecule has 0 heterocycles. The molecule has 2 aromatic carbocycles.